The second-order valence-corrected chi connectivity index (χ2v) is 10.7. The molecule has 0 atom stereocenters. The van der Waals surface area contributed by atoms with Crippen molar-refractivity contribution in [2.24, 2.45) is 0 Å². The second kappa shape index (κ2) is 9.38. The van der Waals surface area contributed by atoms with E-state index in [9.17, 15) is 13.2 Å². The number of carbonyl (C=O) groups is 1. The van der Waals surface area contributed by atoms with Crippen LogP contribution < -0.4 is 9.62 Å². The first-order valence-electron chi connectivity index (χ1n) is 10.5. The predicted molar refractivity (Wildman–Crippen MR) is 131 cm³/mol. The highest BCUT2D eigenvalue weighted by Gasteiger charge is 2.24. The van der Waals surface area contributed by atoms with Crippen LogP contribution in [0.3, 0.4) is 0 Å². The van der Waals surface area contributed by atoms with E-state index in [1.807, 2.05) is 50.2 Å². The molecule has 3 aromatic carbocycles. The van der Waals surface area contributed by atoms with Gasteiger partial charge in [-0.25, -0.2) is 8.42 Å². The summed E-state index contributed by atoms with van der Waals surface area (Å²) in [5.74, 6) is 0.899. The van der Waals surface area contributed by atoms with E-state index in [0.717, 1.165) is 34.6 Å². The molecule has 1 heterocycles. The zero-order valence-electron chi connectivity index (χ0n) is 18.2. The topological polar surface area (TPSA) is 66.5 Å². The Morgan fingerprint density at radius 1 is 0.969 bits per heavy atom. The second-order valence-electron chi connectivity index (χ2n) is 7.95. The lowest BCUT2D eigenvalue weighted by atomic mass is 10.1. The summed E-state index contributed by atoms with van der Waals surface area (Å²) in [6, 6.07) is 20.9. The lowest BCUT2D eigenvalue weighted by molar-refractivity contribution is -0.117. The van der Waals surface area contributed by atoms with Crippen molar-refractivity contribution in [1.82, 2.24) is 0 Å². The van der Waals surface area contributed by atoms with Gasteiger partial charge in [-0.2, -0.15) is 0 Å². The molecule has 1 aliphatic rings. The quantitative estimate of drug-likeness (QED) is 0.466. The first kappa shape index (κ1) is 22.4. The van der Waals surface area contributed by atoms with Crippen molar-refractivity contribution in [2.45, 2.75) is 42.2 Å². The minimum atomic E-state index is -3.74. The molecule has 1 aliphatic heterocycles. The lowest BCUT2D eigenvalue weighted by Crippen LogP contribution is -2.24. The van der Waals surface area contributed by atoms with Gasteiger partial charge in [0.1, 0.15) is 0 Å². The lowest BCUT2D eigenvalue weighted by Gasteiger charge is -2.19. The molecule has 0 saturated carbocycles. The van der Waals surface area contributed by atoms with Crippen molar-refractivity contribution in [3.63, 3.8) is 0 Å². The highest BCUT2D eigenvalue weighted by Crippen LogP contribution is 2.29. The molecule has 0 aliphatic carbocycles. The Morgan fingerprint density at radius 3 is 2.41 bits per heavy atom. The van der Waals surface area contributed by atoms with Gasteiger partial charge in [0.2, 0.25) is 5.91 Å². The molecule has 0 unspecified atom stereocenters. The Hall–Kier alpha value is -2.77. The summed E-state index contributed by atoms with van der Waals surface area (Å²) in [6.07, 6.45) is 1.37. The molecule has 0 radical (unpaired) electrons. The third kappa shape index (κ3) is 5.00. The monoisotopic (exact) mass is 466 g/mol. The normalized spacial score (nSPS) is 14.1. The van der Waals surface area contributed by atoms with Crippen LogP contribution >= 0.6 is 11.8 Å². The van der Waals surface area contributed by atoms with E-state index >= 15 is 0 Å². The number of aryl methyl sites for hydroxylation is 2. The fourth-order valence-electron chi connectivity index (χ4n) is 3.82. The van der Waals surface area contributed by atoms with Crippen molar-refractivity contribution >= 4 is 39.1 Å². The number of hydrogen-bond donors (Lipinski definition) is 1. The van der Waals surface area contributed by atoms with E-state index in [4.69, 9.17) is 0 Å². The van der Waals surface area contributed by atoms with Gasteiger partial charge in [0.25, 0.3) is 10.0 Å². The van der Waals surface area contributed by atoms with Crippen molar-refractivity contribution in [3.05, 3.63) is 83.4 Å². The molecule has 0 bridgehead atoms. The minimum Gasteiger partial charge on any atom is -0.312 e. The van der Waals surface area contributed by atoms with Crippen LogP contribution in [0.2, 0.25) is 0 Å². The Kier molecular flexibility index (Phi) is 6.58. The summed E-state index contributed by atoms with van der Waals surface area (Å²) in [6.45, 7) is 4.42. The number of rotatable bonds is 7. The number of thioether (sulfide) groups is 1. The van der Waals surface area contributed by atoms with Gasteiger partial charge in [-0.1, -0.05) is 30.3 Å². The minimum absolute atomic E-state index is 0.0861. The molecule has 1 amide bonds. The van der Waals surface area contributed by atoms with Gasteiger partial charge in [-0.15, -0.1) is 11.8 Å². The molecule has 7 heteroatoms. The molecule has 166 valence electrons. The van der Waals surface area contributed by atoms with Gasteiger partial charge in [-0.05, 0) is 73.4 Å². The fraction of sp³-hybridized carbons (Fsp3) is 0.240. The van der Waals surface area contributed by atoms with Gasteiger partial charge in [0, 0.05) is 29.3 Å². The third-order valence-electron chi connectivity index (χ3n) is 5.53. The average molecular weight is 467 g/mol. The number of amides is 1. The van der Waals surface area contributed by atoms with Crippen LogP contribution in [-0.4, -0.2) is 20.9 Å². The highest BCUT2D eigenvalue weighted by atomic mass is 32.2. The molecule has 1 fully saturated rings. The van der Waals surface area contributed by atoms with Gasteiger partial charge in [0.05, 0.1) is 10.6 Å². The zero-order valence-corrected chi connectivity index (χ0v) is 19.8. The molecular weight excluding hydrogens is 440 g/mol. The highest BCUT2D eigenvalue weighted by molar-refractivity contribution is 7.98. The Balaban J connectivity index is 1.48. The summed E-state index contributed by atoms with van der Waals surface area (Å²) in [5.41, 5.74) is 4.12. The molecule has 5 nitrogen and oxygen atoms in total. The van der Waals surface area contributed by atoms with E-state index in [0.29, 0.717) is 18.7 Å². The summed E-state index contributed by atoms with van der Waals surface area (Å²) in [5, 5.41) is 0. The van der Waals surface area contributed by atoms with Gasteiger partial charge in [0.15, 0.2) is 0 Å². The number of hydrogen-bond acceptors (Lipinski definition) is 4. The average Bonchev–Trinajstić information content (AvgIpc) is 3.20. The van der Waals surface area contributed by atoms with Crippen LogP contribution in [0.1, 0.15) is 29.5 Å². The number of benzene rings is 3. The molecular formula is C25H26N2O3S2. The van der Waals surface area contributed by atoms with Crippen LogP contribution in [-0.2, 0) is 20.6 Å². The van der Waals surface area contributed by atoms with E-state index in [1.165, 1.54) is 4.90 Å². The molecule has 1 saturated heterocycles. The maximum atomic E-state index is 13.0. The molecule has 0 spiro atoms. The van der Waals surface area contributed by atoms with Gasteiger partial charge >= 0.3 is 0 Å². The van der Waals surface area contributed by atoms with Crippen LogP contribution in [0.25, 0.3) is 0 Å². The van der Waals surface area contributed by atoms with Crippen molar-refractivity contribution in [1.29, 1.82) is 0 Å². The van der Waals surface area contributed by atoms with Crippen molar-refractivity contribution in [3.8, 4) is 0 Å². The van der Waals surface area contributed by atoms with Crippen LogP contribution in [0.4, 0.5) is 11.4 Å². The Labute approximate surface area is 193 Å². The molecule has 4 rings (SSSR count). The van der Waals surface area contributed by atoms with E-state index in [2.05, 4.69) is 16.9 Å². The van der Waals surface area contributed by atoms with E-state index < -0.39 is 10.0 Å². The number of anilines is 2. The first-order valence-corrected chi connectivity index (χ1v) is 13.0. The zero-order chi connectivity index (χ0) is 22.7. The maximum absolute atomic E-state index is 13.0. The SMILES string of the molecule is Cc1cc(CSc2ccccc2)ccc1NS(=O)(=O)c1ccc(N2CCCC2=O)c(C)c1. The standard InChI is InChI=1S/C25H26N2O3S2/c1-18-15-20(17-31-21-7-4-3-5-8-21)10-12-23(18)26-32(29,30)22-11-13-24(19(2)16-22)27-14-6-9-25(27)28/h3-5,7-8,10-13,15-16,26H,6,9,14,17H2,1-2H3. The smallest absolute Gasteiger partial charge is 0.261 e. The summed E-state index contributed by atoms with van der Waals surface area (Å²) in [4.78, 5) is 15.2. The van der Waals surface area contributed by atoms with Gasteiger partial charge in [-0.3, -0.25) is 9.52 Å². The van der Waals surface area contributed by atoms with Crippen LogP contribution in [0, 0.1) is 13.8 Å². The number of nitrogens with one attached hydrogen (secondary N) is 1. The molecule has 1 N–H and O–H groups in total. The van der Waals surface area contributed by atoms with Gasteiger partial charge < -0.3 is 4.90 Å². The molecule has 3 aromatic rings. The van der Waals surface area contributed by atoms with Crippen molar-refractivity contribution in [2.75, 3.05) is 16.2 Å². The summed E-state index contributed by atoms with van der Waals surface area (Å²) in [7, 11) is -3.74. The number of carbonyl (C=O) groups excluding carboxylic acids is 1. The molecule has 0 aromatic heterocycles. The Morgan fingerprint density at radius 2 is 1.75 bits per heavy atom. The summed E-state index contributed by atoms with van der Waals surface area (Å²) < 4.78 is 28.7. The number of sulfonamides is 1. The maximum Gasteiger partial charge on any atom is 0.261 e. The summed E-state index contributed by atoms with van der Waals surface area (Å²) >= 11 is 1.74. The van der Waals surface area contributed by atoms with Crippen LogP contribution in [0.15, 0.2) is 76.5 Å². The first-order chi connectivity index (χ1) is 15.3. The number of nitrogens with zero attached hydrogens (tertiary/aromatic N) is 1. The van der Waals surface area contributed by atoms with Crippen LogP contribution in [0.5, 0.6) is 0 Å². The Bertz CT molecular complexity index is 1240. The fourth-order valence-corrected chi connectivity index (χ4v) is 5.90. The third-order valence-corrected chi connectivity index (χ3v) is 7.97. The molecule has 32 heavy (non-hydrogen) atoms. The largest absolute Gasteiger partial charge is 0.312 e. The predicted octanol–water partition coefficient (Wildman–Crippen LogP) is 5.52. The van der Waals surface area contributed by atoms with E-state index in [1.54, 1.807) is 34.9 Å². The van der Waals surface area contributed by atoms with Crippen molar-refractivity contribution < 1.29 is 13.2 Å². The van der Waals surface area contributed by atoms with E-state index in [-0.39, 0.29) is 10.8 Å².